The third-order valence-electron chi connectivity index (χ3n) is 3.10. The van der Waals surface area contributed by atoms with Gasteiger partial charge in [-0.1, -0.05) is 6.07 Å². The maximum atomic E-state index is 4.56. The first-order valence-corrected chi connectivity index (χ1v) is 7.26. The van der Waals surface area contributed by atoms with Crippen LogP contribution < -0.4 is 10.2 Å². The summed E-state index contributed by atoms with van der Waals surface area (Å²) < 4.78 is 0. The summed E-state index contributed by atoms with van der Waals surface area (Å²) in [6, 6.07) is 4.27. The Labute approximate surface area is 118 Å². The van der Waals surface area contributed by atoms with Crippen molar-refractivity contribution < 1.29 is 0 Å². The van der Waals surface area contributed by atoms with Crippen molar-refractivity contribution in [2.75, 3.05) is 30.9 Å². The summed E-state index contributed by atoms with van der Waals surface area (Å²) in [6.07, 6.45) is 1.05. The van der Waals surface area contributed by atoms with Gasteiger partial charge in [-0.05, 0) is 31.7 Å². The highest BCUT2D eigenvalue weighted by molar-refractivity contribution is 7.09. The molecule has 2 aromatic rings. The van der Waals surface area contributed by atoms with Crippen LogP contribution in [-0.2, 0) is 6.42 Å². The summed E-state index contributed by atoms with van der Waals surface area (Å²) in [5, 5.41) is 5.24. The Bertz CT molecular complexity index is 537. The molecule has 0 radical (unpaired) electrons. The molecule has 5 heteroatoms. The van der Waals surface area contributed by atoms with Gasteiger partial charge in [-0.2, -0.15) is 0 Å². The van der Waals surface area contributed by atoms with Crippen molar-refractivity contribution in [2.45, 2.75) is 20.3 Å². The van der Waals surface area contributed by atoms with Crippen LogP contribution in [-0.4, -0.2) is 30.6 Å². The zero-order chi connectivity index (χ0) is 13.8. The first-order valence-electron chi connectivity index (χ1n) is 6.38. The molecule has 102 valence electrons. The lowest BCUT2D eigenvalue weighted by Gasteiger charge is -2.21. The minimum absolute atomic E-state index is 0.799. The summed E-state index contributed by atoms with van der Waals surface area (Å²) in [7, 11) is 3.98. The van der Waals surface area contributed by atoms with E-state index in [0.29, 0.717) is 0 Å². The molecule has 2 rings (SSSR count). The molecule has 0 aliphatic carbocycles. The normalized spacial score (nSPS) is 10.5. The predicted molar refractivity (Wildman–Crippen MR) is 82.3 cm³/mol. The van der Waals surface area contributed by atoms with Crippen LogP contribution >= 0.6 is 11.3 Å². The van der Waals surface area contributed by atoms with E-state index >= 15 is 0 Å². The van der Waals surface area contributed by atoms with Gasteiger partial charge in [0.1, 0.15) is 17.5 Å². The topological polar surface area (TPSA) is 41.1 Å². The molecule has 0 aliphatic heterocycles. The molecular formula is C14H20N4S. The number of thiophene rings is 1. The first kappa shape index (κ1) is 13.8. The Hall–Kier alpha value is -1.62. The van der Waals surface area contributed by atoms with Crippen LogP contribution in [0.4, 0.5) is 11.6 Å². The fourth-order valence-electron chi connectivity index (χ4n) is 2.07. The lowest BCUT2D eigenvalue weighted by atomic mass is 10.2. The van der Waals surface area contributed by atoms with E-state index in [1.807, 2.05) is 14.0 Å². The van der Waals surface area contributed by atoms with Gasteiger partial charge in [0.25, 0.3) is 0 Å². The summed E-state index contributed by atoms with van der Waals surface area (Å²) >= 11 is 1.80. The quantitative estimate of drug-likeness (QED) is 0.911. The van der Waals surface area contributed by atoms with Gasteiger partial charge < -0.3 is 10.2 Å². The van der Waals surface area contributed by atoms with E-state index in [-0.39, 0.29) is 0 Å². The van der Waals surface area contributed by atoms with Crippen molar-refractivity contribution in [1.29, 1.82) is 0 Å². The maximum absolute atomic E-state index is 4.56. The van der Waals surface area contributed by atoms with Crippen molar-refractivity contribution in [3.63, 3.8) is 0 Å². The zero-order valence-electron chi connectivity index (χ0n) is 11.9. The van der Waals surface area contributed by atoms with Crippen LogP contribution in [0, 0.1) is 13.8 Å². The monoisotopic (exact) mass is 276 g/mol. The van der Waals surface area contributed by atoms with E-state index in [1.165, 1.54) is 4.88 Å². The van der Waals surface area contributed by atoms with Crippen molar-refractivity contribution in [3.05, 3.63) is 33.8 Å². The van der Waals surface area contributed by atoms with Gasteiger partial charge >= 0.3 is 0 Å². The average Bonchev–Trinajstić information content (AvgIpc) is 2.91. The van der Waals surface area contributed by atoms with Gasteiger partial charge in [0, 0.05) is 31.1 Å². The average molecular weight is 276 g/mol. The highest BCUT2D eigenvalue weighted by atomic mass is 32.1. The van der Waals surface area contributed by atoms with Gasteiger partial charge in [-0.3, -0.25) is 0 Å². The fourth-order valence-corrected chi connectivity index (χ4v) is 2.77. The Kier molecular flexibility index (Phi) is 4.37. The van der Waals surface area contributed by atoms with Crippen LogP contribution in [0.5, 0.6) is 0 Å². The summed E-state index contributed by atoms with van der Waals surface area (Å²) in [5.41, 5.74) is 1.10. The predicted octanol–water partition coefficient (Wildman–Crippen LogP) is 2.88. The van der Waals surface area contributed by atoms with Crippen LogP contribution in [0.3, 0.4) is 0 Å². The first-order chi connectivity index (χ1) is 9.11. The van der Waals surface area contributed by atoms with Crippen LogP contribution in [0.15, 0.2) is 17.5 Å². The Morgan fingerprint density at radius 2 is 2.11 bits per heavy atom. The second-order valence-corrected chi connectivity index (χ2v) is 5.60. The minimum Gasteiger partial charge on any atom is -0.373 e. The number of hydrogen-bond acceptors (Lipinski definition) is 5. The lowest BCUT2D eigenvalue weighted by molar-refractivity contribution is 0.850. The second kappa shape index (κ2) is 6.02. The molecule has 4 nitrogen and oxygen atoms in total. The molecule has 0 fully saturated rings. The molecule has 0 unspecified atom stereocenters. The number of hydrogen-bond donors (Lipinski definition) is 1. The SMILES string of the molecule is CNc1nc(C)nc(N(C)CCc2cccs2)c1C. The van der Waals surface area contributed by atoms with Crippen molar-refractivity contribution in [2.24, 2.45) is 0 Å². The molecule has 0 aliphatic rings. The molecule has 0 atom stereocenters. The molecule has 0 saturated carbocycles. The standard InChI is InChI=1S/C14H20N4S/c1-10-13(15-3)16-11(2)17-14(10)18(4)8-7-12-6-5-9-19-12/h5-6,9H,7-8H2,1-4H3,(H,15,16,17). The number of anilines is 2. The van der Waals surface area contributed by atoms with Crippen molar-refractivity contribution >= 4 is 23.0 Å². The third-order valence-corrected chi connectivity index (χ3v) is 4.04. The Morgan fingerprint density at radius 1 is 1.32 bits per heavy atom. The van der Waals surface area contributed by atoms with Crippen LogP contribution in [0.25, 0.3) is 0 Å². The van der Waals surface area contributed by atoms with E-state index in [4.69, 9.17) is 0 Å². The van der Waals surface area contributed by atoms with Crippen molar-refractivity contribution in [3.8, 4) is 0 Å². The summed E-state index contributed by atoms with van der Waals surface area (Å²) in [5.74, 6) is 2.71. The van der Waals surface area contributed by atoms with Gasteiger partial charge in [-0.15, -0.1) is 11.3 Å². The van der Waals surface area contributed by atoms with E-state index < -0.39 is 0 Å². The van der Waals surface area contributed by atoms with Crippen LogP contribution in [0.1, 0.15) is 16.3 Å². The van der Waals surface area contributed by atoms with Crippen LogP contribution in [0.2, 0.25) is 0 Å². The number of aromatic nitrogens is 2. The Morgan fingerprint density at radius 3 is 2.74 bits per heavy atom. The van der Waals surface area contributed by atoms with Gasteiger partial charge in [0.2, 0.25) is 0 Å². The Balaban J connectivity index is 2.14. The van der Waals surface area contributed by atoms with Gasteiger partial charge in [-0.25, -0.2) is 9.97 Å². The number of likely N-dealkylation sites (N-methyl/N-ethyl adjacent to an activating group) is 1. The number of nitrogens with zero attached hydrogens (tertiary/aromatic N) is 3. The summed E-state index contributed by atoms with van der Waals surface area (Å²) in [6.45, 7) is 4.94. The molecule has 2 heterocycles. The fraction of sp³-hybridized carbons (Fsp3) is 0.429. The lowest BCUT2D eigenvalue weighted by Crippen LogP contribution is -2.23. The summed E-state index contributed by atoms with van der Waals surface area (Å²) in [4.78, 5) is 12.6. The second-order valence-electron chi connectivity index (χ2n) is 4.57. The highest BCUT2D eigenvalue weighted by Gasteiger charge is 2.12. The highest BCUT2D eigenvalue weighted by Crippen LogP contribution is 2.22. The molecule has 2 aromatic heterocycles. The molecule has 0 aromatic carbocycles. The molecule has 19 heavy (non-hydrogen) atoms. The smallest absolute Gasteiger partial charge is 0.137 e. The van der Waals surface area contributed by atoms with E-state index in [1.54, 1.807) is 11.3 Å². The largest absolute Gasteiger partial charge is 0.373 e. The third kappa shape index (κ3) is 3.23. The van der Waals surface area contributed by atoms with E-state index in [2.05, 4.69) is 51.7 Å². The molecule has 1 N–H and O–H groups in total. The molecule has 0 bridgehead atoms. The molecule has 0 saturated heterocycles. The maximum Gasteiger partial charge on any atom is 0.137 e. The molecule has 0 spiro atoms. The number of aryl methyl sites for hydroxylation is 1. The van der Waals surface area contributed by atoms with Gasteiger partial charge in [0.05, 0.1) is 0 Å². The number of rotatable bonds is 5. The minimum atomic E-state index is 0.799. The van der Waals surface area contributed by atoms with E-state index in [0.717, 1.165) is 36.0 Å². The van der Waals surface area contributed by atoms with Crippen molar-refractivity contribution in [1.82, 2.24) is 9.97 Å². The van der Waals surface area contributed by atoms with Gasteiger partial charge in [0.15, 0.2) is 0 Å². The van der Waals surface area contributed by atoms with E-state index in [9.17, 15) is 0 Å². The number of nitrogens with one attached hydrogen (secondary N) is 1. The molecule has 0 amide bonds. The molecular weight excluding hydrogens is 256 g/mol. The zero-order valence-corrected chi connectivity index (χ0v) is 12.7.